The molecule has 3 atom stereocenters. The summed E-state index contributed by atoms with van der Waals surface area (Å²) in [6, 6.07) is 13.3. The first-order valence-corrected chi connectivity index (χ1v) is 9.54. The number of likely N-dealkylation sites (tertiary alicyclic amines) is 1. The van der Waals surface area contributed by atoms with Gasteiger partial charge < -0.3 is 20.7 Å². The van der Waals surface area contributed by atoms with Gasteiger partial charge in [0, 0.05) is 49.4 Å². The highest BCUT2D eigenvalue weighted by Gasteiger charge is 2.38. The van der Waals surface area contributed by atoms with Gasteiger partial charge >= 0.3 is 0 Å². The molecule has 1 aromatic heterocycles. The molecule has 2 aliphatic rings. The minimum absolute atomic E-state index is 0.373. The van der Waals surface area contributed by atoms with Crippen molar-refractivity contribution in [1.29, 1.82) is 0 Å². The Morgan fingerprint density at radius 3 is 2.96 bits per heavy atom. The zero-order chi connectivity index (χ0) is 17.9. The van der Waals surface area contributed by atoms with Gasteiger partial charge in [0.2, 0.25) is 0 Å². The quantitative estimate of drug-likeness (QED) is 0.800. The third kappa shape index (κ3) is 4.06. The first-order chi connectivity index (χ1) is 12.7. The minimum atomic E-state index is 0.373. The van der Waals surface area contributed by atoms with Crippen LogP contribution in [0.5, 0.6) is 5.75 Å². The zero-order valence-corrected chi connectivity index (χ0v) is 15.4. The molecule has 0 amide bonds. The molecule has 5 heteroatoms. The van der Waals surface area contributed by atoms with Gasteiger partial charge in [-0.1, -0.05) is 18.2 Å². The van der Waals surface area contributed by atoms with E-state index in [1.54, 1.807) is 7.11 Å². The fourth-order valence-electron chi connectivity index (χ4n) is 3.84. The molecule has 1 saturated carbocycles. The molecule has 5 nitrogen and oxygen atoms in total. The maximum Gasteiger partial charge on any atom is 0.119 e. The standard InChI is InChI=1S/C21H28N4O/c1-26-18-4-2-3-15(11-18)20-6-5-16(13-24-20)19-12-21(19)23-8-10-25-9-7-17(22)14-25/h2-6,11,13,17,19,21,23H,7-10,12,14,22H2,1H3/t17?,19-,21+/m0/s1. The lowest BCUT2D eigenvalue weighted by molar-refractivity contribution is 0.331. The number of ether oxygens (including phenoxy) is 1. The first-order valence-electron chi connectivity index (χ1n) is 9.54. The van der Waals surface area contributed by atoms with E-state index in [1.165, 1.54) is 12.0 Å². The number of benzene rings is 1. The van der Waals surface area contributed by atoms with Gasteiger partial charge in [-0.25, -0.2) is 0 Å². The Morgan fingerprint density at radius 2 is 2.23 bits per heavy atom. The van der Waals surface area contributed by atoms with Gasteiger partial charge in [-0.2, -0.15) is 0 Å². The molecule has 4 rings (SSSR count). The summed E-state index contributed by atoms with van der Waals surface area (Å²) >= 11 is 0. The van der Waals surface area contributed by atoms with Crippen molar-refractivity contribution < 1.29 is 4.74 Å². The van der Waals surface area contributed by atoms with E-state index in [0.29, 0.717) is 18.0 Å². The van der Waals surface area contributed by atoms with Crippen LogP contribution in [0.4, 0.5) is 0 Å². The summed E-state index contributed by atoms with van der Waals surface area (Å²) in [7, 11) is 1.69. The summed E-state index contributed by atoms with van der Waals surface area (Å²) < 4.78 is 5.30. The lowest BCUT2D eigenvalue weighted by atomic mass is 10.1. The zero-order valence-electron chi connectivity index (χ0n) is 15.4. The fraction of sp³-hybridized carbons (Fsp3) is 0.476. The SMILES string of the molecule is COc1cccc(-c2ccc([C@@H]3C[C@H]3NCCN3CCC(N)C3)cn2)c1. The number of hydrogen-bond donors (Lipinski definition) is 2. The number of rotatable bonds is 7. The van der Waals surface area contributed by atoms with Crippen molar-refractivity contribution in [2.75, 3.05) is 33.3 Å². The van der Waals surface area contributed by atoms with E-state index >= 15 is 0 Å². The number of hydrogen-bond acceptors (Lipinski definition) is 5. The van der Waals surface area contributed by atoms with Crippen LogP contribution in [0.2, 0.25) is 0 Å². The molecule has 1 aromatic carbocycles. The highest BCUT2D eigenvalue weighted by Crippen LogP contribution is 2.40. The lowest BCUT2D eigenvalue weighted by Gasteiger charge is -2.15. The molecule has 138 valence electrons. The Morgan fingerprint density at radius 1 is 1.31 bits per heavy atom. The normalized spacial score (nSPS) is 25.4. The summed E-state index contributed by atoms with van der Waals surface area (Å²) in [6.45, 7) is 4.34. The average molecular weight is 352 g/mol. The second-order valence-corrected chi connectivity index (χ2v) is 7.46. The molecule has 1 unspecified atom stereocenters. The number of methoxy groups -OCH3 is 1. The van der Waals surface area contributed by atoms with Crippen LogP contribution in [0.3, 0.4) is 0 Å². The second kappa shape index (κ2) is 7.74. The molecular formula is C21H28N4O. The summed E-state index contributed by atoms with van der Waals surface area (Å²) in [5.41, 5.74) is 9.37. The first kappa shape index (κ1) is 17.5. The van der Waals surface area contributed by atoms with Crippen molar-refractivity contribution in [2.45, 2.75) is 30.8 Å². The van der Waals surface area contributed by atoms with E-state index in [9.17, 15) is 0 Å². The largest absolute Gasteiger partial charge is 0.497 e. The van der Waals surface area contributed by atoms with Crippen molar-refractivity contribution >= 4 is 0 Å². The molecule has 1 aliphatic heterocycles. The van der Waals surface area contributed by atoms with Crippen molar-refractivity contribution in [1.82, 2.24) is 15.2 Å². The molecule has 0 bridgehead atoms. The van der Waals surface area contributed by atoms with Gasteiger partial charge in [0.25, 0.3) is 0 Å². The van der Waals surface area contributed by atoms with E-state index < -0.39 is 0 Å². The minimum Gasteiger partial charge on any atom is -0.497 e. The summed E-state index contributed by atoms with van der Waals surface area (Å²) in [4.78, 5) is 7.12. The lowest BCUT2D eigenvalue weighted by Crippen LogP contribution is -2.33. The maximum atomic E-state index is 5.96. The molecule has 0 spiro atoms. The van der Waals surface area contributed by atoms with Gasteiger partial charge in [0.1, 0.15) is 5.75 Å². The number of pyridine rings is 1. The number of nitrogens with zero attached hydrogens (tertiary/aromatic N) is 2. The van der Waals surface area contributed by atoms with Crippen LogP contribution < -0.4 is 15.8 Å². The summed E-state index contributed by atoms with van der Waals surface area (Å²) in [5.74, 6) is 1.46. The van der Waals surface area contributed by atoms with E-state index in [1.807, 2.05) is 24.4 Å². The molecule has 3 N–H and O–H groups in total. The Hall–Kier alpha value is -1.95. The van der Waals surface area contributed by atoms with Gasteiger partial charge in [0.15, 0.2) is 0 Å². The van der Waals surface area contributed by atoms with Crippen LogP contribution in [0, 0.1) is 0 Å². The van der Waals surface area contributed by atoms with Crippen LogP contribution >= 0.6 is 0 Å². The molecule has 26 heavy (non-hydrogen) atoms. The molecule has 0 radical (unpaired) electrons. The average Bonchev–Trinajstić information content (AvgIpc) is 3.34. The van der Waals surface area contributed by atoms with Crippen molar-refractivity contribution in [3.8, 4) is 17.0 Å². The van der Waals surface area contributed by atoms with E-state index in [0.717, 1.165) is 49.6 Å². The number of nitrogens with one attached hydrogen (secondary N) is 1. The van der Waals surface area contributed by atoms with Crippen molar-refractivity contribution in [3.05, 3.63) is 48.2 Å². The fourth-order valence-corrected chi connectivity index (χ4v) is 3.84. The molecule has 2 aromatic rings. The molecular weight excluding hydrogens is 324 g/mol. The predicted octanol–water partition coefficient (Wildman–Crippen LogP) is 2.24. The predicted molar refractivity (Wildman–Crippen MR) is 104 cm³/mol. The van der Waals surface area contributed by atoms with Gasteiger partial charge in [-0.05, 0) is 43.1 Å². The topological polar surface area (TPSA) is 63.4 Å². The summed E-state index contributed by atoms with van der Waals surface area (Å²) in [5, 5.41) is 3.68. The van der Waals surface area contributed by atoms with Gasteiger partial charge in [-0.15, -0.1) is 0 Å². The van der Waals surface area contributed by atoms with E-state index in [4.69, 9.17) is 10.5 Å². The van der Waals surface area contributed by atoms with Crippen LogP contribution in [0.15, 0.2) is 42.6 Å². The van der Waals surface area contributed by atoms with Gasteiger partial charge in [0.05, 0.1) is 12.8 Å². The Kier molecular flexibility index (Phi) is 5.20. The van der Waals surface area contributed by atoms with E-state index in [-0.39, 0.29) is 0 Å². The Bertz CT molecular complexity index is 733. The highest BCUT2D eigenvalue weighted by atomic mass is 16.5. The molecule has 2 heterocycles. The van der Waals surface area contributed by atoms with Crippen LogP contribution in [-0.2, 0) is 0 Å². The molecule has 1 aliphatic carbocycles. The Labute approximate surface area is 155 Å². The third-order valence-electron chi connectivity index (χ3n) is 5.51. The van der Waals surface area contributed by atoms with E-state index in [2.05, 4.69) is 33.4 Å². The van der Waals surface area contributed by atoms with Crippen LogP contribution in [0.1, 0.15) is 24.3 Å². The number of nitrogens with two attached hydrogens (primary N) is 1. The number of aromatic nitrogens is 1. The Balaban J connectivity index is 1.28. The van der Waals surface area contributed by atoms with Gasteiger partial charge in [-0.3, -0.25) is 4.98 Å². The van der Waals surface area contributed by atoms with Crippen LogP contribution in [0.25, 0.3) is 11.3 Å². The maximum absolute atomic E-state index is 5.96. The van der Waals surface area contributed by atoms with Crippen molar-refractivity contribution in [2.24, 2.45) is 5.73 Å². The van der Waals surface area contributed by atoms with Crippen molar-refractivity contribution in [3.63, 3.8) is 0 Å². The highest BCUT2D eigenvalue weighted by molar-refractivity contribution is 5.61. The molecule has 2 fully saturated rings. The molecule has 1 saturated heterocycles. The second-order valence-electron chi connectivity index (χ2n) is 7.46. The summed E-state index contributed by atoms with van der Waals surface area (Å²) in [6.07, 6.45) is 4.37. The smallest absolute Gasteiger partial charge is 0.119 e. The van der Waals surface area contributed by atoms with Crippen LogP contribution in [-0.4, -0.2) is 55.3 Å². The third-order valence-corrected chi connectivity index (χ3v) is 5.51. The monoisotopic (exact) mass is 352 g/mol.